The van der Waals surface area contributed by atoms with Gasteiger partial charge in [0, 0.05) is 0 Å². The highest BCUT2D eigenvalue weighted by molar-refractivity contribution is 5.65. The summed E-state index contributed by atoms with van der Waals surface area (Å²) < 4.78 is 0. The van der Waals surface area contributed by atoms with E-state index in [2.05, 4.69) is 50.3 Å². The molecule has 32 heavy (non-hydrogen) atoms. The van der Waals surface area contributed by atoms with Gasteiger partial charge in [-0.2, -0.15) is 0 Å². The van der Waals surface area contributed by atoms with E-state index < -0.39 is 0 Å². The summed E-state index contributed by atoms with van der Waals surface area (Å²) >= 11 is 0. The number of benzene rings is 2. The first-order chi connectivity index (χ1) is 15.0. The zero-order valence-electron chi connectivity index (χ0n) is 20.7. The Kier molecular flexibility index (Phi) is 8.48. The fraction of sp³-hybridized carbons (Fsp3) is 0.267. The van der Waals surface area contributed by atoms with E-state index in [9.17, 15) is 10.2 Å². The van der Waals surface area contributed by atoms with Gasteiger partial charge in [0.1, 0.15) is 11.5 Å². The van der Waals surface area contributed by atoms with Crippen LogP contribution in [0, 0.1) is 41.5 Å². The van der Waals surface area contributed by atoms with Crippen LogP contribution < -0.4 is 0 Å². The van der Waals surface area contributed by atoms with Crippen LogP contribution >= 0.6 is 0 Å². The second-order valence-corrected chi connectivity index (χ2v) is 8.63. The average Bonchev–Trinajstić information content (AvgIpc) is 2.73. The number of hydrogen-bond donors (Lipinski definition) is 2. The van der Waals surface area contributed by atoms with Crippen molar-refractivity contribution < 1.29 is 10.2 Å². The summed E-state index contributed by atoms with van der Waals surface area (Å²) in [5, 5.41) is 19.9. The molecule has 0 unspecified atom stereocenters. The van der Waals surface area contributed by atoms with E-state index in [1.54, 1.807) is 0 Å². The lowest BCUT2D eigenvalue weighted by Crippen LogP contribution is -1.91. The summed E-state index contributed by atoms with van der Waals surface area (Å²) in [7, 11) is 0. The van der Waals surface area contributed by atoms with Gasteiger partial charge < -0.3 is 10.2 Å². The molecule has 0 atom stereocenters. The van der Waals surface area contributed by atoms with E-state index in [0.29, 0.717) is 11.5 Å². The van der Waals surface area contributed by atoms with E-state index in [-0.39, 0.29) is 0 Å². The molecule has 2 N–H and O–H groups in total. The Morgan fingerprint density at radius 3 is 1.28 bits per heavy atom. The maximum absolute atomic E-state index is 9.96. The third kappa shape index (κ3) is 6.13. The molecule has 2 aromatic carbocycles. The SMILES string of the molecule is CC(/C=C/c1c(C)cc(O)c(C)c1C)=C\C=C\C=C(C)\C=C\c1c(C)cc(O)c(C)c1C. The van der Waals surface area contributed by atoms with Crippen molar-refractivity contribution in [3.05, 3.63) is 104 Å². The second kappa shape index (κ2) is 10.9. The number of aromatic hydroxyl groups is 2. The molecule has 0 aliphatic heterocycles. The Labute approximate surface area is 193 Å². The summed E-state index contributed by atoms with van der Waals surface area (Å²) in [6.07, 6.45) is 16.7. The predicted octanol–water partition coefficient (Wildman–Crippen LogP) is 8.12. The number of aryl methyl sites for hydroxylation is 2. The van der Waals surface area contributed by atoms with Gasteiger partial charge in [-0.1, -0.05) is 59.8 Å². The molecule has 2 rings (SSSR count). The quantitative estimate of drug-likeness (QED) is 0.456. The van der Waals surface area contributed by atoms with E-state index in [1.165, 1.54) is 0 Å². The molecule has 0 amide bonds. The number of hydrogen-bond acceptors (Lipinski definition) is 2. The molecule has 0 spiro atoms. The third-order valence-corrected chi connectivity index (χ3v) is 6.11. The molecule has 0 saturated carbocycles. The summed E-state index contributed by atoms with van der Waals surface area (Å²) in [5.41, 5.74) is 10.9. The monoisotopic (exact) mass is 428 g/mol. The average molecular weight is 429 g/mol. The third-order valence-electron chi connectivity index (χ3n) is 6.11. The molecule has 2 aromatic rings. The van der Waals surface area contributed by atoms with E-state index in [0.717, 1.165) is 55.7 Å². The van der Waals surface area contributed by atoms with Crippen molar-refractivity contribution in [2.75, 3.05) is 0 Å². The lowest BCUT2D eigenvalue weighted by molar-refractivity contribution is 0.469. The topological polar surface area (TPSA) is 40.5 Å². The molecule has 0 aliphatic carbocycles. The van der Waals surface area contributed by atoms with Gasteiger partial charge in [-0.3, -0.25) is 0 Å². The number of rotatable bonds is 6. The minimum Gasteiger partial charge on any atom is -0.508 e. The van der Waals surface area contributed by atoms with Gasteiger partial charge in [0.2, 0.25) is 0 Å². The maximum Gasteiger partial charge on any atom is 0.119 e. The van der Waals surface area contributed by atoms with E-state index in [1.807, 2.05) is 65.8 Å². The highest BCUT2D eigenvalue weighted by atomic mass is 16.3. The predicted molar refractivity (Wildman–Crippen MR) is 139 cm³/mol. The molecule has 0 fully saturated rings. The van der Waals surface area contributed by atoms with Crippen LogP contribution in [-0.2, 0) is 0 Å². The van der Waals surface area contributed by atoms with Crippen molar-refractivity contribution in [2.24, 2.45) is 0 Å². The first kappa shape index (κ1) is 25.0. The molecule has 2 nitrogen and oxygen atoms in total. The number of phenolic OH excluding ortho intramolecular Hbond substituents is 2. The van der Waals surface area contributed by atoms with Crippen LogP contribution in [0.2, 0.25) is 0 Å². The molecule has 0 aliphatic rings. The molecule has 0 radical (unpaired) electrons. The smallest absolute Gasteiger partial charge is 0.119 e. The summed E-state index contributed by atoms with van der Waals surface area (Å²) in [6.45, 7) is 16.2. The first-order valence-corrected chi connectivity index (χ1v) is 11.0. The largest absolute Gasteiger partial charge is 0.508 e. The molecule has 168 valence electrons. The summed E-state index contributed by atoms with van der Waals surface area (Å²) in [5.74, 6) is 0.712. The Hall–Kier alpha value is -3.26. The molecule has 2 heteroatoms. The number of allylic oxidation sites excluding steroid dienone is 8. The van der Waals surface area contributed by atoms with Crippen LogP contribution in [0.3, 0.4) is 0 Å². The Bertz CT molecular complexity index is 1060. The Balaban J connectivity index is 2.09. The van der Waals surface area contributed by atoms with Gasteiger partial charge in [-0.25, -0.2) is 0 Å². The standard InChI is InChI=1S/C30H36O2/c1-19(13-15-27-21(3)17-29(31)25(7)23(27)5)11-9-10-12-20(2)14-16-28-22(4)18-30(32)26(8)24(28)6/h9-18,31-32H,1-8H3/b10-9+,15-13+,16-14+,19-11+,20-12+. The Morgan fingerprint density at radius 1 is 0.594 bits per heavy atom. The van der Waals surface area contributed by atoms with Gasteiger partial charge >= 0.3 is 0 Å². The van der Waals surface area contributed by atoms with Crippen LogP contribution in [-0.4, -0.2) is 10.2 Å². The minimum absolute atomic E-state index is 0.356. The first-order valence-electron chi connectivity index (χ1n) is 11.0. The zero-order chi connectivity index (χ0) is 24.0. The van der Waals surface area contributed by atoms with E-state index in [4.69, 9.17) is 0 Å². The highest BCUT2D eigenvalue weighted by Crippen LogP contribution is 2.28. The molecular formula is C30H36O2. The van der Waals surface area contributed by atoms with Gasteiger partial charge in [-0.05, 0) is 112 Å². The van der Waals surface area contributed by atoms with Gasteiger partial charge in [0.05, 0.1) is 0 Å². The lowest BCUT2D eigenvalue weighted by Gasteiger charge is -2.10. The maximum atomic E-state index is 9.96. The molecule has 0 saturated heterocycles. The van der Waals surface area contributed by atoms with Crippen molar-refractivity contribution in [2.45, 2.75) is 55.4 Å². The molecule has 0 heterocycles. The van der Waals surface area contributed by atoms with Gasteiger partial charge in [-0.15, -0.1) is 0 Å². The summed E-state index contributed by atoms with van der Waals surface area (Å²) in [6, 6.07) is 3.65. The molecule has 0 aromatic heterocycles. The van der Waals surface area contributed by atoms with Gasteiger partial charge in [0.25, 0.3) is 0 Å². The second-order valence-electron chi connectivity index (χ2n) is 8.63. The Morgan fingerprint density at radius 2 is 0.938 bits per heavy atom. The minimum atomic E-state index is 0.356. The lowest BCUT2D eigenvalue weighted by atomic mass is 9.96. The molecule has 0 bridgehead atoms. The van der Waals surface area contributed by atoms with Crippen LogP contribution in [0.25, 0.3) is 12.2 Å². The van der Waals surface area contributed by atoms with Crippen LogP contribution in [0.15, 0.2) is 59.7 Å². The fourth-order valence-electron chi connectivity index (χ4n) is 3.63. The van der Waals surface area contributed by atoms with E-state index >= 15 is 0 Å². The van der Waals surface area contributed by atoms with Crippen LogP contribution in [0.1, 0.15) is 58.4 Å². The van der Waals surface area contributed by atoms with Gasteiger partial charge in [0.15, 0.2) is 0 Å². The zero-order valence-corrected chi connectivity index (χ0v) is 20.7. The van der Waals surface area contributed by atoms with Crippen molar-refractivity contribution in [1.82, 2.24) is 0 Å². The highest BCUT2D eigenvalue weighted by Gasteiger charge is 2.08. The van der Waals surface area contributed by atoms with Crippen molar-refractivity contribution in [3.8, 4) is 11.5 Å². The fourth-order valence-corrected chi connectivity index (χ4v) is 3.63. The number of phenols is 2. The van der Waals surface area contributed by atoms with Crippen molar-refractivity contribution >= 4 is 12.2 Å². The van der Waals surface area contributed by atoms with Crippen LogP contribution in [0.4, 0.5) is 0 Å². The summed E-state index contributed by atoms with van der Waals surface area (Å²) in [4.78, 5) is 0. The normalized spacial score (nSPS) is 13.2. The molecular weight excluding hydrogens is 392 g/mol. The van der Waals surface area contributed by atoms with Crippen molar-refractivity contribution in [1.29, 1.82) is 0 Å². The van der Waals surface area contributed by atoms with Crippen LogP contribution in [0.5, 0.6) is 11.5 Å². The van der Waals surface area contributed by atoms with Crippen molar-refractivity contribution in [3.63, 3.8) is 0 Å².